The summed E-state index contributed by atoms with van der Waals surface area (Å²) in [6.07, 6.45) is 11.6. The predicted molar refractivity (Wildman–Crippen MR) is 93.9 cm³/mol. The van der Waals surface area contributed by atoms with E-state index >= 15 is 0 Å². The van der Waals surface area contributed by atoms with Gasteiger partial charge in [0.2, 0.25) is 0 Å². The Morgan fingerprint density at radius 3 is 2.54 bits per heavy atom. The number of aliphatic hydroxyl groups excluding tert-OH is 1. The third kappa shape index (κ3) is 4.63. The fourth-order valence-corrected chi connectivity index (χ4v) is 4.53. The average molecular weight is 338 g/mol. The number of nitrogens with one attached hydrogen (secondary N) is 1. The summed E-state index contributed by atoms with van der Waals surface area (Å²) in [4.78, 5) is 14.6. The Hall–Kier alpha value is -0.810. The Labute approximate surface area is 146 Å². The maximum atomic E-state index is 12.7. The largest absolute Gasteiger partial charge is 0.393 e. The third-order valence-corrected chi connectivity index (χ3v) is 6.11. The SMILES string of the molecule is CC(O)C1CCCN(C(=O)NC2CCCCC2OC2CCCC2)C1. The second-order valence-corrected chi connectivity index (χ2v) is 8.01. The first-order valence-corrected chi connectivity index (χ1v) is 10.0. The number of likely N-dealkylation sites (tertiary alicyclic amines) is 1. The monoisotopic (exact) mass is 338 g/mol. The maximum absolute atomic E-state index is 12.7. The average Bonchev–Trinajstić information content (AvgIpc) is 3.10. The van der Waals surface area contributed by atoms with Crippen LogP contribution in [0.4, 0.5) is 4.79 Å². The number of aliphatic hydroxyl groups is 1. The number of hydrogen-bond acceptors (Lipinski definition) is 3. The molecule has 138 valence electrons. The molecule has 2 N–H and O–H groups in total. The molecule has 2 saturated carbocycles. The second-order valence-electron chi connectivity index (χ2n) is 8.01. The van der Waals surface area contributed by atoms with Crippen LogP contribution in [-0.4, -0.2) is 53.5 Å². The van der Waals surface area contributed by atoms with E-state index in [0.29, 0.717) is 12.6 Å². The minimum atomic E-state index is -0.339. The molecule has 0 bridgehead atoms. The molecule has 0 spiro atoms. The van der Waals surface area contributed by atoms with Crippen molar-refractivity contribution in [1.82, 2.24) is 10.2 Å². The summed E-state index contributed by atoms with van der Waals surface area (Å²) < 4.78 is 6.34. The summed E-state index contributed by atoms with van der Waals surface area (Å²) in [5.41, 5.74) is 0. The highest BCUT2D eigenvalue weighted by Crippen LogP contribution is 2.28. The van der Waals surface area contributed by atoms with Crippen molar-refractivity contribution in [3.05, 3.63) is 0 Å². The van der Waals surface area contributed by atoms with E-state index in [1.807, 2.05) is 11.8 Å². The molecule has 4 unspecified atom stereocenters. The van der Waals surface area contributed by atoms with Crippen LogP contribution in [0.25, 0.3) is 0 Å². The van der Waals surface area contributed by atoms with Crippen LogP contribution in [0.2, 0.25) is 0 Å². The molecular weight excluding hydrogens is 304 g/mol. The fourth-order valence-electron chi connectivity index (χ4n) is 4.53. The van der Waals surface area contributed by atoms with Crippen molar-refractivity contribution in [2.75, 3.05) is 13.1 Å². The van der Waals surface area contributed by atoms with Crippen molar-refractivity contribution < 1.29 is 14.6 Å². The van der Waals surface area contributed by atoms with E-state index in [9.17, 15) is 9.90 Å². The number of hydrogen-bond donors (Lipinski definition) is 2. The minimum Gasteiger partial charge on any atom is -0.393 e. The van der Waals surface area contributed by atoms with Gasteiger partial charge in [-0.1, -0.05) is 25.7 Å². The van der Waals surface area contributed by atoms with E-state index in [0.717, 1.165) is 32.2 Å². The molecule has 3 aliphatic rings. The quantitative estimate of drug-likeness (QED) is 0.828. The number of carbonyl (C=O) groups is 1. The number of ether oxygens (including phenoxy) is 1. The highest BCUT2D eigenvalue weighted by Gasteiger charge is 2.33. The fraction of sp³-hybridized carbons (Fsp3) is 0.947. The van der Waals surface area contributed by atoms with Crippen LogP contribution in [-0.2, 0) is 4.74 Å². The van der Waals surface area contributed by atoms with E-state index in [1.54, 1.807) is 0 Å². The van der Waals surface area contributed by atoms with Crippen LogP contribution in [0, 0.1) is 5.92 Å². The number of urea groups is 1. The molecule has 3 rings (SSSR count). The van der Waals surface area contributed by atoms with Crippen LogP contribution >= 0.6 is 0 Å². The standard InChI is InChI=1S/C19H34N2O3/c1-14(22)15-7-6-12-21(13-15)19(23)20-17-10-4-5-11-18(17)24-16-8-2-3-9-16/h14-18,22H,2-13H2,1H3,(H,20,23). The van der Waals surface area contributed by atoms with E-state index < -0.39 is 0 Å². The first-order chi connectivity index (χ1) is 11.6. The van der Waals surface area contributed by atoms with E-state index in [2.05, 4.69) is 5.32 Å². The summed E-state index contributed by atoms with van der Waals surface area (Å²) >= 11 is 0. The number of nitrogens with zero attached hydrogens (tertiary/aromatic N) is 1. The Morgan fingerprint density at radius 2 is 1.79 bits per heavy atom. The lowest BCUT2D eigenvalue weighted by Crippen LogP contribution is -2.54. The van der Waals surface area contributed by atoms with Gasteiger partial charge in [-0.3, -0.25) is 0 Å². The van der Waals surface area contributed by atoms with Crippen molar-refractivity contribution >= 4 is 6.03 Å². The smallest absolute Gasteiger partial charge is 0.317 e. The molecule has 0 aromatic carbocycles. The normalized spacial score (nSPS) is 33.4. The predicted octanol–water partition coefficient (Wildman–Crippen LogP) is 3.06. The zero-order valence-electron chi connectivity index (χ0n) is 15.1. The summed E-state index contributed by atoms with van der Waals surface area (Å²) in [7, 11) is 0. The van der Waals surface area contributed by atoms with Crippen LogP contribution in [0.1, 0.15) is 71.1 Å². The highest BCUT2D eigenvalue weighted by atomic mass is 16.5. The second kappa shape index (κ2) is 8.52. The zero-order valence-corrected chi connectivity index (χ0v) is 15.1. The third-order valence-electron chi connectivity index (χ3n) is 6.11. The van der Waals surface area contributed by atoms with Gasteiger partial charge >= 0.3 is 6.03 Å². The molecule has 2 aliphatic carbocycles. The van der Waals surface area contributed by atoms with Crippen molar-refractivity contribution in [3.8, 4) is 0 Å². The molecule has 5 heteroatoms. The van der Waals surface area contributed by atoms with Crippen molar-refractivity contribution in [2.24, 2.45) is 5.92 Å². The van der Waals surface area contributed by atoms with Gasteiger partial charge in [0, 0.05) is 19.0 Å². The summed E-state index contributed by atoms with van der Waals surface area (Å²) in [5.74, 6) is 0.210. The topological polar surface area (TPSA) is 61.8 Å². The summed E-state index contributed by atoms with van der Waals surface area (Å²) in [6, 6.07) is 0.186. The van der Waals surface area contributed by atoms with Crippen molar-refractivity contribution in [2.45, 2.75) is 95.5 Å². The van der Waals surface area contributed by atoms with E-state index in [1.165, 1.54) is 38.5 Å². The maximum Gasteiger partial charge on any atom is 0.317 e. The van der Waals surface area contributed by atoms with Gasteiger partial charge in [-0.25, -0.2) is 4.79 Å². The molecule has 2 amide bonds. The lowest BCUT2D eigenvalue weighted by atomic mass is 9.91. The molecule has 0 aromatic heterocycles. The summed E-state index contributed by atoms with van der Waals surface area (Å²) in [6.45, 7) is 3.30. The van der Waals surface area contributed by atoms with Gasteiger partial charge in [-0.15, -0.1) is 0 Å². The molecule has 1 saturated heterocycles. The lowest BCUT2D eigenvalue weighted by molar-refractivity contribution is -0.0421. The first kappa shape index (κ1) is 18.0. The van der Waals surface area contributed by atoms with Gasteiger partial charge in [-0.05, 0) is 45.4 Å². The molecule has 0 aromatic rings. The zero-order chi connectivity index (χ0) is 16.9. The Kier molecular flexibility index (Phi) is 6.39. The van der Waals surface area contributed by atoms with Crippen LogP contribution in [0.5, 0.6) is 0 Å². The first-order valence-electron chi connectivity index (χ1n) is 10.0. The molecule has 5 nitrogen and oxygen atoms in total. The molecule has 3 fully saturated rings. The van der Waals surface area contributed by atoms with Gasteiger partial charge in [0.05, 0.1) is 24.4 Å². The Bertz CT molecular complexity index is 409. The van der Waals surface area contributed by atoms with Crippen LogP contribution in [0.3, 0.4) is 0 Å². The number of amides is 2. The summed E-state index contributed by atoms with van der Waals surface area (Å²) in [5, 5.41) is 13.1. The highest BCUT2D eigenvalue weighted by molar-refractivity contribution is 5.74. The number of carbonyl (C=O) groups excluding carboxylic acids is 1. The van der Waals surface area contributed by atoms with Crippen molar-refractivity contribution in [1.29, 1.82) is 0 Å². The molecule has 24 heavy (non-hydrogen) atoms. The van der Waals surface area contributed by atoms with Gasteiger partial charge in [0.1, 0.15) is 0 Å². The Morgan fingerprint density at radius 1 is 1.08 bits per heavy atom. The van der Waals surface area contributed by atoms with Crippen LogP contribution < -0.4 is 5.32 Å². The Balaban J connectivity index is 1.52. The van der Waals surface area contributed by atoms with Gasteiger partial charge in [-0.2, -0.15) is 0 Å². The molecule has 1 heterocycles. The van der Waals surface area contributed by atoms with Gasteiger partial charge in [0.15, 0.2) is 0 Å². The van der Waals surface area contributed by atoms with Crippen LogP contribution in [0.15, 0.2) is 0 Å². The molecular formula is C19H34N2O3. The number of piperidine rings is 1. The lowest BCUT2D eigenvalue weighted by Gasteiger charge is -2.38. The van der Waals surface area contributed by atoms with E-state index in [-0.39, 0.29) is 30.2 Å². The molecule has 4 atom stereocenters. The molecule has 0 radical (unpaired) electrons. The molecule has 1 aliphatic heterocycles. The van der Waals surface area contributed by atoms with E-state index in [4.69, 9.17) is 4.74 Å². The van der Waals surface area contributed by atoms with Crippen molar-refractivity contribution in [3.63, 3.8) is 0 Å². The van der Waals surface area contributed by atoms with Gasteiger partial charge < -0.3 is 20.1 Å². The number of rotatable bonds is 4. The minimum absolute atomic E-state index is 0.0345. The van der Waals surface area contributed by atoms with Gasteiger partial charge in [0.25, 0.3) is 0 Å².